The maximum absolute atomic E-state index is 11.3. The molecule has 3 nitrogen and oxygen atoms in total. The van der Waals surface area contributed by atoms with Crippen molar-refractivity contribution < 1.29 is 4.79 Å². The summed E-state index contributed by atoms with van der Waals surface area (Å²) >= 11 is 5.88. The van der Waals surface area contributed by atoms with Crippen molar-refractivity contribution in [1.29, 1.82) is 0 Å². The summed E-state index contributed by atoms with van der Waals surface area (Å²) in [7, 11) is 1.79. The molecule has 1 aromatic rings. The van der Waals surface area contributed by atoms with Crippen molar-refractivity contribution >= 4 is 17.5 Å². The fourth-order valence-electron chi connectivity index (χ4n) is 1.61. The minimum atomic E-state index is -0.0406. The molecule has 1 amide bonds. The summed E-state index contributed by atoms with van der Waals surface area (Å²) in [5.74, 6) is 0.106. The van der Waals surface area contributed by atoms with Crippen molar-refractivity contribution in [1.82, 2.24) is 10.2 Å². The molecule has 14 heavy (non-hydrogen) atoms. The van der Waals surface area contributed by atoms with Crippen molar-refractivity contribution in [3.8, 4) is 0 Å². The van der Waals surface area contributed by atoms with Gasteiger partial charge in [0.1, 0.15) is 6.17 Å². The van der Waals surface area contributed by atoms with E-state index in [0.29, 0.717) is 11.6 Å². The van der Waals surface area contributed by atoms with E-state index in [-0.39, 0.29) is 12.1 Å². The summed E-state index contributed by atoms with van der Waals surface area (Å²) in [5, 5.41) is 3.81. The van der Waals surface area contributed by atoms with E-state index < -0.39 is 0 Å². The van der Waals surface area contributed by atoms with Crippen molar-refractivity contribution in [2.75, 3.05) is 13.6 Å². The molecule has 4 heteroatoms. The Labute approximate surface area is 87.7 Å². The predicted molar refractivity (Wildman–Crippen MR) is 55.0 cm³/mol. The molecular weight excluding hydrogens is 200 g/mol. The number of likely N-dealkylation sites (N-methyl/N-ethyl adjacent to an activating group) is 1. The second-order valence-corrected chi connectivity index (χ2v) is 3.78. The molecule has 1 aliphatic rings. The van der Waals surface area contributed by atoms with Crippen LogP contribution in [0.1, 0.15) is 11.7 Å². The van der Waals surface area contributed by atoms with Gasteiger partial charge in [-0.1, -0.05) is 23.7 Å². The number of carbonyl (C=O) groups is 1. The highest BCUT2D eigenvalue weighted by molar-refractivity contribution is 6.30. The molecule has 1 atom stereocenters. The number of nitrogens with zero attached hydrogens (tertiary/aromatic N) is 1. The predicted octanol–water partition coefficient (Wildman–Crippen LogP) is 1.40. The molecule has 0 bridgehead atoms. The lowest BCUT2D eigenvalue weighted by Gasteiger charge is -2.19. The van der Waals surface area contributed by atoms with E-state index in [0.717, 1.165) is 5.56 Å². The van der Waals surface area contributed by atoms with E-state index in [1.807, 2.05) is 24.3 Å². The van der Waals surface area contributed by atoms with Gasteiger partial charge in [-0.25, -0.2) is 0 Å². The van der Waals surface area contributed by atoms with Gasteiger partial charge in [0, 0.05) is 12.1 Å². The summed E-state index contributed by atoms with van der Waals surface area (Å²) in [4.78, 5) is 13.0. The van der Waals surface area contributed by atoms with Crippen LogP contribution >= 0.6 is 11.6 Å². The second kappa shape index (κ2) is 3.59. The van der Waals surface area contributed by atoms with E-state index in [9.17, 15) is 4.79 Å². The monoisotopic (exact) mass is 210 g/mol. The summed E-state index contributed by atoms with van der Waals surface area (Å²) in [6, 6.07) is 7.53. The molecule has 1 saturated heterocycles. The molecule has 0 radical (unpaired) electrons. The normalized spacial score (nSPS) is 21.7. The van der Waals surface area contributed by atoms with Crippen molar-refractivity contribution in [2.45, 2.75) is 6.17 Å². The molecule has 1 N–H and O–H groups in total. The Bertz CT molecular complexity index is 367. The number of hydrogen-bond donors (Lipinski definition) is 1. The number of halogens is 1. The van der Waals surface area contributed by atoms with Crippen molar-refractivity contribution in [3.63, 3.8) is 0 Å². The second-order valence-electron chi connectivity index (χ2n) is 3.34. The number of carbonyl (C=O) groups excluding carboxylic acids is 1. The van der Waals surface area contributed by atoms with Crippen molar-refractivity contribution in [2.24, 2.45) is 0 Å². The first-order valence-electron chi connectivity index (χ1n) is 4.43. The van der Waals surface area contributed by atoms with Crippen LogP contribution in [0.25, 0.3) is 0 Å². The molecule has 1 fully saturated rings. The zero-order valence-corrected chi connectivity index (χ0v) is 8.58. The Hall–Kier alpha value is -1.06. The molecule has 74 valence electrons. The third kappa shape index (κ3) is 1.61. The molecular formula is C10H11ClN2O. The van der Waals surface area contributed by atoms with E-state index >= 15 is 0 Å². The van der Waals surface area contributed by atoms with Crippen LogP contribution in [-0.4, -0.2) is 24.4 Å². The summed E-state index contributed by atoms with van der Waals surface area (Å²) in [6.45, 7) is 0.397. The van der Waals surface area contributed by atoms with Gasteiger partial charge in [0.05, 0.1) is 6.54 Å². The summed E-state index contributed by atoms with van der Waals surface area (Å²) in [5.41, 5.74) is 1.02. The molecule has 0 saturated carbocycles. The third-order valence-corrected chi connectivity index (χ3v) is 2.63. The standard InChI is InChI=1S/C10H11ClN2O/c1-13-9(14)6-12-10(13)7-3-2-4-8(11)5-7/h2-5,10,12H,6H2,1H3. The van der Waals surface area contributed by atoms with E-state index in [2.05, 4.69) is 5.32 Å². The zero-order chi connectivity index (χ0) is 10.1. The number of benzene rings is 1. The number of hydrogen-bond acceptors (Lipinski definition) is 2. The Morgan fingerprint density at radius 1 is 1.57 bits per heavy atom. The SMILES string of the molecule is CN1C(=O)CNC1c1cccc(Cl)c1. The van der Waals surface area contributed by atoms with Gasteiger partial charge in [0.25, 0.3) is 0 Å². The largest absolute Gasteiger partial charge is 0.325 e. The third-order valence-electron chi connectivity index (χ3n) is 2.39. The van der Waals surface area contributed by atoms with Crippen LogP contribution in [0, 0.1) is 0 Å². The average molecular weight is 211 g/mol. The van der Waals surface area contributed by atoms with Crippen LogP contribution < -0.4 is 5.32 Å². The molecule has 1 unspecified atom stereocenters. The Morgan fingerprint density at radius 3 is 2.93 bits per heavy atom. The number of rotatable bonds is 1. The molecule has 0 aliphatic carbocycles. The highest BCUT2D eigenvalue weighted by Gasteiger charge is 2.27. The van der Waals surface area contributed by atoms with Crippen LogP contribution in [0.4, 0.5) is 0 Å². The summed E-state index contributed by atoms with van der Waals surface area (Å²) in [6.07, 6.45) is -0.0406. The van der Waals surface area contributed by atoms with Crippen LogP contribution in [0.15, 0.2) is 24.3 Å². The smallest absolute Gasteiger partial charge is 0.237 e. The van der Waals surface area contributed by atoms with Crippen LogP contribution in [0.3, 0.4) is 0 Å². The maximum Gasteiger partial charge on any atom is 0.237 e. The lowest BCUT2D eigenvalue weighted by atomic mass is 10.2. The minimum absolute atomic E-state index is 0.0406. The summed E-state index contributed by atoms with van der Waals surface area (Å²) < 4.78 is 0. The number of amides is 1. The van der Waals surface area contributed by atoms with Gasteiger partial charge in [-0.3, -0.25) is 10.1 Å². The highest BCUT2D eigenvalue weighted by Crippen LogP contribution is 2.22. The van der Waals surface area contributed by atoms with Crippen LogP contribution in [0.2, 0.25) is 5.02 Å². The van der Waals surface area contributed by atoms with Gasteiger partial charge in [0.15, 0.2) is 0 Å². The van der Waals surface area contributed by atoms with Gasteiger partial charge >= 0.3 is 0 Å². The highest BCUT2D eigenvalue weighted by atomic mass is 35.5. The van der Waals surface area contributed by atoms with Gasteiger partial charge < -0.3 is 4.90 Å². The quantitative estimate of drug-likeness (QED) is 0.760. The first-order valence-corrected chi connectivity index (χ1v) is 4.81. The fourth-order valence-corrected chi connectivity index (χ4v) is 1.81. The Balaban J connectivity index is 2.28. The van der Waals surface area contributed by atoms with E-state index in [1.165, 1.54) is 0 Å². The fraction of sp³-hybridized carbons (Fsp3) is 0.300. The van der Waals surface area contributed by atoms with Gasteiger partial charge in [0.2, 0.25) is 5.91 Å². The number of nitrogens with one attached hydrogen (secondary N) is 1. The lowest BCUT2D eigenvalue weighted by molar-refractivity contribution is -0.126. The maximum atomic E-state index is 11.3. The molecule has 1 heterocycles. The minimum Gasteiger partial charge on any atom is -0.325 e. The van der Waals surface area contributed by atoms with Gasteiger partial charge in [-0.05, 0) is 17.7 Å². The van der Waals surface area contributed by atoms with Crippen LogP contribution in [-0.2, 0) is 4.79 Å². The van der Waals surface area contributed by atoms with Crippen molar-refractivity contribution in [3.05, 3.63) is 34.9 Å². The molecule has 0 aromatic heterocycles. The average Bonchev–Trinajstić information content (AvgIpc) is 2.48. The lowest BCUT2D eigenvalue weighted by Crippen LogP contribution is -2.25. The first-order chi connectivity index (χ1) is 6.68. The van der Waals surface area contributed by atoms with E-state index in [4.69, 9.17) is 11.6 Å². The first kappa shape index (κ1) is 9.49. The Morgan fingerprint density at radius 2 is 2.36 bits per heavy atom. The zero-order valence-electron chi connectivity index (χ0n) is 7.83. The Kier molecular flexibility index (Phi) is 2.44. The van der Waals surface area contributed by atoms with Gasteiger partial charge in [-0.2, -0.15) is 0 Å². The molecule has 1 aromatic carbocycles. The van der Waals surface area contributed by atoms with Crippen LogP contribution in [0.5, 0.6) is 0 Å². The molecule has 2 rings (SSSR count). The van der Waals surface area contributed by atoms with E-state index in [1.54, 1.807) is 11.9 Å². The molecule has 1 aliphatic heterocycles. The molecule has 0 spiro atoms. The topological polar surface area (TPSA) is 32.3 Å². The van der Waals surface area contributed by atoms with Gasteiger partial charge in [-0.15, -0.1) is 0 Å².